The molecule has 1 aliphatic rings. The molecule has 1 saturated heterocycles. The minimum atomic E-state index is -0.760. The topological polar surface area (TPSA) is 87.7 Å². The van der Waals surface area contributed by atoms with E-state index in [9.17, 15) is 18.8 Å². The molecule has 5 rings (SSSR count). The maximum absolute atomic E-state index is 13.9. The molecule has 4 aromatic carbocycles. The molecule has 9 heteroatoms. The van der Waals surface area contributed by atoms with Crippen LogP contribution in [-0.2, 0) is 16.2 Å². The largest absolute Gasteiger partial charge is 0.488 e. The number of nitrogens with one attached hydrogen (secondary N) is 2. The molecule has 1 aliphatic heterocycles. The zero-order valence-corrected chi connectivity index (χ0v) is 20.7. The average Bonchev–Trinajstić information content (AvgIpc) is 3.17. The van der Waals surface area contributed by atoms with E-state index in [2.05, 4.69) is 10.6 Å². The monoisotopic (exact) mass is 529 g/mol. The summed E-state index contributed by atoms with van der Waals surface area (Å²) in [5.74, 6) is -1.55. The van der Waals surface area contributed by atoms with Gasteiger partial charge in [0.2, 0.25) is 5.91 Å². The number of rotatable bonds is 7. The minimum absolute atomic E-state index is 0.0207. The Kier molecular flexibility index (Phi) is 7.06. The predicted octanol–water partition coefficient (Wildman–Crippen LogP) is 5.74. The molecule has 0 saturated carbocycles. The number of nitrogens with zero attached hydrogens (tertiary/aromatic N) is 1. The van der Waals surface area contributed by atoms with Gasteiger partial charge in [0.25, 0.3) is 5.91 Å². The fraction of sp³-hybridized carbons (Fsp3) is 0.0690. The first-order valence-corrected chi connectivity index (χ1v) is 12.1. The Morgan fingerprint density at radius 2 is 1.71 bits per heavy atom. The molecule has 1 heterocycles. The van der Waals surface area contributed by atoms with Crippen LogP contribution in [0.25, 0.3) is 16.8 Å². The maximum atomic E-state index is 13.9. The average molecular weight is 530 g/mol. The number of benzene rings is 4. The van der Waals surface area contributed by atoms with Crippen LogP contribution in [0.3, 0.4) is 0 Å². The van der Waals surface area contributed by atoms with Crippen molar-refractivity contribution in [2.45, 2.75) is 6.61 Å². The fourth-order valence-corrected chi connectivity index (χ4v) is 4.27. The van der Waals surface area contributed by atoms with Gasteiger partial charge >= 0.3 is 6.03 Å². The Hall–Kier alpha value is -4.69. The van der Waals surface area contributed by atoms with Crippen LogP contribution in [0.4, 0.5) is 14.9 Å². The van der Waals surface area contributed by atoms with Gasteiger partial charge in [-0.1, -0.05) is 72.3 Å². The van der Waals surface area contributed by atoms with Crippen LogP contribution in [0.1, 0.15) is 11.1 Å². The molecule has 4 aromatic rings. The van der Waals surface area contributed by atoms with Gasteiger partial charge < -0.3 is 15.4 Å². The highest BCUT2D eigenvalue weighted by Crippen LogP contribution is 2.32. The summed E-state index contributed by atoms with van der Waals surface area (Å²) in [4.78, 5) is 38.9. The number of imide groups is 1. The van der Waals surface area contributed by atoms with Gasteiger partial charge in [-0.3, -0.25) is 9.59 Å². The van der Waals surface area contributed by atoms with E-state index in [4.69, 9.17) is 16.3 Å². The van der Waals surface area contributed by atoms with Gasteiger partial charge in [0.1, 0.15) is 30.4 Å². The lowest BCUT2D eigenvalue weighted by atomic mass is 10.0. The summed E-state index contributed by atoms with van der Waals surface area (Å²) in [5, 5.41) is 7.17. The van der Waals surface area contributed by atoms with Crippen molar-refractivity contribution < 1.29 is 23.5 Å². The Morgan fingerprint density at radius 1 is 0.974 bits per heavy atom. The van der Waals surface area contributed by atoms with Gasteiger partial charge in [0.15, 0.2) is 0 Å². The van der Waals surface area contributed by atoms with Crippen LogP contribution in [0.2, 0.25) is 5.02 Å². The first-order chi connectivity index (χ1) is 18.4. The van der Waals surface area contributed by atoms with Crippen LogP contribution in [0.15, 0.2) is 90.6 Å². The van der Waals surface area contributed by atoms with Crippen molar-refractivity contribution in [3.8, 4) is 5.75 Å². The van der Waals surface area contributed by atoms with Crippen molar-refractivity contribution in [1.29, 1.82) is 0 Å². The number of carbonyl (C=O) groups excluding carboxylic acids is 3. The number of carbonyl (C=O) groups is 3. The van der Waals surface area contributed by atoms with E-state index in [1.807, 2.05) is 48.5 Å². The van der Waals surface area contributed by atoms with E-state index in [1.54, 1.807) is 18.2 Å². The van der Waals surface area contributed by atoms with Crippen LogP contribution >= 0.6 is 11.6 Å². The number of hydrogen-bond acceptors (Lipinski definition) is 4. The molecular weight excluding hydrogens is 509 g/mol. The third-order valence-electron chi connectivity index (χ3n) is 5.97. The van der Waals surface area contributed by atoms with Crippen molar-refractivity contribution in [3.63, 3.8) is 0 Å². The highest BCUT2D eigenvalue weighted by atomic mass is 35.5. The summed E-state index contributed by atoms with van der Waals surface area (Å²) in [6, 6.07) is 23.4. The zero-order valence-electron chi connectivity index (χ0n) is 19.9. The van der Waals surface area contributed by atoms with E-state index >= 15 is 0 Å². The molecule has 0 unspecified atom stereocenters. The van der Waals surface area contributed by atoms with E-state index in [0.717, 1.165) is 21.2 Å². The molecular formula is C29H21ClFN3O4. The quantitative estimate of drug-likeness (QED) is 0.236. The molecule has 0 aliphatic carbocycles. The summed E-state index contributed by atoms with van der Waals surface area (Å²) in [7, 11) is 0. The van der Waals surface area contributed by atoms with E-state index < -0.39 is 30.2 Å². The second-order valence-corrected chi connectivity index (χ2v) is 8.89. The molecule has 0 aromatic heterocycles. The lowest BCUT2D eigenvalue weighted by Crippen LogP contribution is -2.38. The molecule has 4 amide bonds. The summed E-state index contributed by atoms with van der Waals surface area (Å²) in [6.45, 7) is -0.390. The molecule has 2 N–H and O–H groups in total. The normalized spacial score (nSPS) is 14.2. The van der Waals surface area contributed by atoms with Gasteiger partial charge in [-0.15, -0.1) is 0 Å². The smallest absolute Gasteiger partial charge is 0.329 e. The molecule has 38 heavy (non-hydrogen) atoms. The predicted molar refractivity (Wildman–Crippen MR) is 143 cm³/mol. The second-order valence-electron chi connectivity index (χ2n) is 8.49. The Morgan fingerprint density at radius 3 is 2.53 bits per heavy atom. The van der Waals surface area contributed by atoms with Crippen molar-refractivity contribution in [2.24, 2.45) is 0 Å². The number of urea groups is 1. The van der Waals surface area contributed by atoms with Crippen LogP contribution < -0.4 is 15.4 Å². The minimum Gasteiger partial charge on any atom is -0.488 e. The number of fused-ring (bicyclic) bond motifs is 1. The summed E-state index contributed by atoms with van der Waals surface area (Å²) in [6.07, 6.45) is 1.53. The van der Waals surface area contributed by atoms with Gasteiger partial charge in [-0.2, -0.15) is 0 Å². The zero-order chi connectivity index (χ0) is 26.6. The summed E-state index contributed by atoms with van der Waals surface area (Å²) in [5.41, 5.74) is 1.30. The number of para-hydroxylation sites is 1. The molecule has 7 nitrogen and oxygen atoms in total. The standard InChI is InChI=1S/C29H21ClFN3O4/c30-22-10-4-2-8-19(22)17-38-26-14-13-18-7-1-3-9-20(18)21(26)15-25-28(36)34(29(37)33-25)16-27(35)32-24-12-6-5-11-23(24)31/h1-15H,16-17H2,(H,32,35)(H,33,37)/b25-15+. The van der Waals surface area contributed by atoms with Crippen molar-refractivity contribution in [3.05, 3.63) is 113 Å². The lowest BCUT2D eigenvalue weighted by molar-refractivity contribution is -0.127. The first-order valence-electron chi connectivity index (χ1n) is 11.7. The summed E-state index contributed by atoms with van der Waals surface area (Å²) < 4.78 is 20.0. The maximum Gasteiger partial charge on any atom is 0.329 e. The Bertz CT molecular complexity index is 1600. The van der Waals surface area contributed by atoms with Crippen molar-refractivity contribution in [1.82, 2.24) is 10.2 Å². The Labute approximate surface area is 222 Å². The third kappa shape index (κ3) is 5.21. The molecule has 0 radical (unpaired) electrons. The van der Waals surface area contributed by atoms with Gasteiger partial charge in [0, 0.05) is 16.1 Å². The molecule has 1 fully saturated rings. The molecule has 0 atom stereocenters. The number of halogens is 2. The second kappa shape index (κ2) is 10.7. The molecule has 0 spiro atoms. The molecule has 0 bridgehead atoms. The van der Waals surface area contributed by atoms with E-state index in [0.29, 0.717) is 16.3 Å². The van der Waals surface area contributed by atoms with Crippen LogP contribution in [0, 0.1) is 5.82 Å². The van der Waals surface area contributed by atoms with Gasteiger partial charge in [0.05, 0.1) is 5.69 Å². The highest BCUT2D eigenvalue weighted by Gasteiger charge is 2.35. The number of hydrogen-bond donors (Lipinski definition) is 2. The fourth-order valence-electron chi connectivity index (χ4n) is 4.08. The van der Waals surface area contributed by atoms with Crippen molar-refractivity contribution >= 4 is 52.0 Å². The van der Waals surface area contributed by atoms with E-state index in [-0.39, 0.29) is 18.0 Å². The van der Waals surface area contributed by atoms with Gasteiger partial charge in [-0.25, -0.2) is 14.1 Å². The summed E-state index contributed by atoms with van der Waals surface area (Å²) >= 11 is 6.27. The lowest BCUT2D eigenvalue weighted by Gasteiger charge is -2.14. The molecule has 190 valence electrons. The Balaban J connectivity index is 1.41. The van der Waals surface area contributed by atoms with Crippen molar-refractivity contribution in [2.75, 3.05) is 11.9 Å². The number of anilines is 1. The van der Waals surface area contributed by atoms with E-state index in [1.165, 1.54) is 24.3 Å². The SMILES string of the molecule is O=C(CN1C(=O)N/C(=C/c2c(OCc3ccccc3Cl)ccc3ccccc23)C1=O)Nc1ccccc1F. The first kappa shape index (κ1) is 25.0. The van der Waals surface area contributed by atoms with Gasteiger partial charge in [-0.05, 0) is 41.1 Å². The highest BCUT2D eigenvalue weighted by molar-refractivity contribution is 6.31. The van der Waals surface area contributed by atoms with Crippen LogP contribution in [0.5, 0.6) is 5.75 Å². The van der Waals surface area contributed by atoms with Crippen LogP contribution in [-0.4, -0.2) is 29.3 Å². The third-order valence-corrected chi connectivity index (χ3v) is 6.34. The number of amides is 4. The number of ether oxygens (including phenoxy) is 1.